The Kier molecular flexibility index (Phi) is 4.47. The van der Waals surface area contributed by atoms with Gasteiger partial charge < -0.3 is 4.74 Å². The molecular formula is C16H24O. The van der Waals surface area contributed by atoms with Crippen LogP contribution < -0.4 is 4.74 Å². The second-order valence-electron chi connectivity index (χ2n) is 5.41. The summed E-state index contributed by atoms with van der Waals surface area (Å²) >= 11 is 0. The Bertz CT molecular complexity index is 320. The lowest BCUT2D eigenvalue weighted by molar-refractivity contribution is 0.289. The van der Waals surface area contributed by atoms with Crippen LogP contribution in [-0.4, -0.2) is 6.61 Å². The summed E-state index contributed by atoms with van der Waals surface area (Å²) in [6.45, 7) is 5.16. The van der Waals surface area contributed by atoms with Crippen LogP contribution in [0.3, 0.4) is 0 Å². The number of hydrogen-bond donors (Lipinski definition) is 0. The molecule has 94 valence electrons. The molecule has 17 heavy (non-hydrogen) atoms. The van der Waals surface area contributed by atoms with Crippen LogP contribution in [0.15, 0.2) is 24.3 Å². The van der Waals surface area contributed by atoms with Crippen molar-refractivity contribution in [3.63, 3.8) is 0 Å². The molecule has 0 radical (unpaired) electrons. The molecule has 0 unspecified atom stereocenters. The fourth-order valence-electron chi connectivity index (χ4n) is 2.76. The fraction of sp³-hybridized carbons (Fsp3) is 0.625. The highest BCUT2D eigenvalue weighted by molar-refractivity contribution is 5.27. The van der Waals surface area contributed by atoms with Gasteiger partial charge in [-0.3, -0.25) is 0 Å². The molecule has 0 bridgehead atoms. The van der Waals surface area contributed by atoms with Crippen molar-refractivity contribution in [1.29, 1.82) is 0 Å². The second-order valence-corrected chi connectivity index (χ2v) is 5.41. The summed E-state index contributed by atoms with van der Waals surface area (Å²) in [7, 11) is 0. The van der Waals surface area contributed by atoms with E-state index in [0.29, 0.717) is 0 Å². The average Bonchev–Trinajstić information content (AvgIpc) is 2.35. The third-order valence-electron chi connectivity index (χ3n) is 3.89. The Morgan fingerprint density at radius 2 is 1.71 bits per heavy atom. The highest BCUT2D eigenvalue weighted by Crippen LogP contribution is 2.30. The maximum Gasteiger partial charge on any atom is 0.119 e. The molecule has 0 spiro atoms. The monoisotopic (exact) mass is 232 g/mol. The van der Waals surface area contributed by atoms with E-state index in [1.54, 1.807) is 0 Å². The van der Waals surface area contributed by atoms with E-state index >= 15 is 0 Å². The molecule has 0 aromatic heterocycles. The number of rotatable bonds is 4. The maximum atomic E-state index is 5.46. The predicted molar refractivity (Wildman–Crippen MR) is 72.4 cm³/mol. The van der Waals surface area contributed by atoms with Gasteiger partial charge in [-0.1, -0.05) is 31.9 Å². The summed E-state index contributed by atoms with van der Waals surface area (Å²) in [6.07, 6.45) is 6.91. The zero-order chi connectivity index (χ0) is 12.1. The van der Waals surface area contributed by atoms with E-state index in [-0.39, 0.29) is 0 Å². The first kappa shape index (κ1) is 12.5. The summed E-state index contributed by atoms with van der Waals surface area (Å²) < 4.78 is 5.46. The van der Waals surface area contributed by atoms with Gasteiger partial charge in [-0.05, 0) is 55.7 Å². The first-order valence-corrected chi connectivity index (χ1v) is 6.99. The molecule has 0 heterocycles. The number of ether oxygens (including phenoxy) is 1. The van der Waals surface area contributed by atoms with E-state index in [9.17, 15) is 0 Å². The summed E-state index contributed by atoms with van der Waals surface area (Å²) in [5.74, 6) is 2.85. The van der Waals surface area contributed by atoms with E-state index in [1.807, 2.05) is 6.92 Å². The number of hydrogen-bond acceptors (Lipinski definition) is 1. The van der Waals surface area contributed by atoms with Gasteiger partial charge in [0.1, 0.15) is 5.75 Å². The van der Waals surface area contributed by atoms with Crippen LogP contribution in [0.4, 0.5) is 0 Å². The van der Waals surface area contributed by atoms with Crippen molar-refractivity contribution in [1.82, 2.24) is 0 Å². The lowest BCUT2D eigenvalue weighted by Gasteiger charge is -2.26. The first-order valence-electron chi connectivity index (χ1n) is 6.99. The minimum absolute atomic E-state index is 0.750. The number of benzene rings is 1. The molecule has 0 N–H and O–H groups in total. The third-order valence-corrected chi connectivity index (χ3v) is 3.89. The quantitative estimate of drug-likeness (QED) is 0.745. The molecular weight excluding hydrogens is 208 g/mol. The van der Waals surface area contributed by atoms with Crippen LogP contribution in [-0.2, 0) is 6.42 Å². The summed E-state index contributed by atoms with van der Waals surface area (Å²) in [5.41, 5.74) is 1.47. The van der Waals surface area contributed by atoms with Gasteiger partial charge in [0, 0.05) is 0 Å². The van der Waals surface area contributed by atoms with Crippen LogP contribution in [0, 0.1) is 11.8 Å². The third kappa shape index (κ3) is 3.76. The Hall–Kier alpha value is -0.980. The van der Waals surface area contributed by atoms with Gasteiger partial charge in [-0.15, -0.1) is 0 Å². The molecule has 1 fully saturated rings. The maximum absolute atomic E-state index is 5.46. The lowest BCUT2D eigenvalue weighted by atomic mass is 9.80. The molecule has 0 saturated heterocycles. The lowest BCUT2D eigenvalue weighted by Crippen LogP contribution is -2.14. The van der Waals surface area contributed by atoms with Gasteiger partial charge in [-0.2, -0.15) is 0 Å². The molecule has 1 saturated carbocycles. The Balaban J connectivity index is 1.86. The van der Waals surface area contributed by atoms with Gasteiger partial charge in [-0.25, -0.2) is 0 Å². The van der Waals surface area contributed by atoms with Gasteiger partial charge >= 0.3 is 0 Å². The molecule has 0 atom stereocenters. The van der Waals surface area contributed by atoms with Crippen LogP contribution in [0.25, 0.3) is 0 Å². The molecule has 2 rings (SSSR count). The van der Waals surface area contributed by atoms with Crippen molar-refractivity contribution in [2.75, 3.05) is 6.61 Å². The Labute approximate surface area is 105 Å². The SMILES string of the molecule is CCOc1ccc(CC2CCC(C)CC2)cc1. The van der Waals surface area contributed by atoms with Crippen LogP contribution in [0.5, 0.6) is 5.75 Å². The normalized spacial score (nSPS) is 24.6. The van der Waals surface area contributed by atoms with Gasteiger partial charge in [0.05, 0.1) is 6.61 Å². The van der Waals surface area contributed by atoms with Crippen LogP contribution >= 0.6 is 0 Å². The minimum Gasteiger partial charge on any atom is -0.494 e. The van der Waals surface area contributed by atoms with Crippen molar-refractivity contribution in [2.24, 2.45) is 11.8 Å². The molecule has 1 aromatic rings. The molecule has 1 nitrogen and oxygen atoms in total. The highest BCUT2D eigenvalue weighted by atomic mass is 16.5. The second kappa shape index (κ2) is 6.09. The van der Waals surface area contributed by atoms with Gasteiger partial charge in [0.2, 0.25) is 0 Å². The van der Waals surface area contributed by atoms with E-state index in [4.69, 9.17) is 4.74 Å². The van der Waals surface area contributed by atoms with Crippen molar-refractivity contribution in [2.45, 2.75) is 46.0 Å². The van der Waals surface area contributed by atoms with Crippen molar-refractivity contribution < 1.29 is 4.74 Å². The summed E-state index contributed by atoms with van der Waals surface area (Å²) in [4.78, 5) is 0. The van der Waals surface area contributed by atoms with Crippen molar-refractivity contribution in [3.05, 3.63) is 29.8 Å². The summed E-state index contributed by atoms with van der Waals surface area (Å²) in [6, 6.07) is 8.65. The largest absolute Gasteiger partial charge is 0.494 e. The summed E-state index contributed by atoms with van der Waals surface area (Å²) in [5, 5.41) is 0. The molecule has 1 aliphatic rings. The molecule has 1 aromatic carbocycles. The smallest absolute Gasteiger partial charge is 0.119 e. The molecule has 0 amide bonds. The van der Waals surface area contributed by atoms with Crippen LogP contribution in [0.2, 0.25) is 0 Å². The Morgan fingerprint density at radius 1 is 1.06 bits per heavy atom. The van der Waals surface area contributed by atoms with E-state index in [0.717, 1.165) is 24.2 Å². The van der Waals surface area contributed by atoms with E-state index in [1.165, 1.54) is 37.7 Å². The van der Waals surface area contributed by atoms with E-state index in [2.05, 4.69) is 31.2 Å². The zero-order valence-corrected chi connectivity index (χ0v) is 11.1. The Morgan fingerprint density at radius 3 is 2.29 bits per heavy atom. The average molecular weight is 232 g/mol. The fourth-order valence-corrected chi connectivity index (χ4v) is 2.76. The van der Waals surface area contributed by atoms with Gasteiger partial charge in [0.25, 0.3) is 0 Å². The van der Waals surface area contributed by atoms with Crippen LogP contribution in [0.1, 0.15) is 45.1 Å². The topological polar surface area (TPSA) is 9.23 Å². The zero-order valence-electron chi connectivity index (χ0n) is 11.1. The minimum atomic E-state index is 0.750. The molecule has 0 aliphatic heterocycles. The predicted octanol–water partition coefficient (Wildman–Crippen LogP) is 4.45. The molecule has 1 heteroatoms. The van der Waals surface area contributed by atoms with Gasteiger partial charge in [0.15, 0.2) is 0 Å². The van der Waals surface area contributed by atoms with Crippen molar-refractivity contribution >= 4 is 0 Å². The van der Waals surface area contributed by atoms with Crippen molar-refractivity contribution in [3.8, 4) is 5.75 Å². The highest BCUT2D eigenvalue weighted by Gasteiger charge is 2.18. The molecule has 1 aliphatic carbocycles. The van der Waals surface area contributed by atoms with E-state index < -0.39 is 0 Å². The standard InChI is InChI=1S/C16H24O/c1-3-17-16-10-8-15(9-11-16)12-14-6-4-13(2)5-7-14/h8-11,13-14H,3-7,12H2,1-2H3. The first-order chi connectivity index (χ1) is 8.28.